The quantitative estimate of drug-likeness (QED) is 0.425. The predicted octanol–water partition coefficient (Wildman–Crippen LogP) is 1.41. The first kappa shape index (κ1) is 20.8. The van der Waals surface area contributed by atoms with E-state index in [4.69, 9.17) is 9.47 Å². The van der Waals surface area contributed by atoms with E-state index in [2.05, 4.69) is 30.7 Å². The lowest BCUT2D eigenvalue weighted by molar-refractivity contribution is -0.142. The average Bonchev–Trinajstić information content (AvgIpc) is 3.46. The van der Waals surface area contributed by atoms with Crippen molar-refractivity contribution in [3.63, 3.8) is 0 Å². The molecular weight excluding hydrogens is 426 g/mol. The van der Waals surface area contributed by atoms with E-state index in [9.17, 15) is 4.79 Å². The third-order valence-corrected chi connectivity index (χ3v) is 5.16. The molecule has 0 atom stereocenters. The number of amides is 1. The molecule has 1 aliphatic heterocycles. The fraction of sp³-hybridized carbons (Fsp3) is 0.333. The van der Waals surface area contributed by atoms with Crippen LogP contribution in [0.2, 0.25) is 0 Å². The molecule has 1 aliphatic rings. The zero-order valence-electron chi connectivity index (χ0n) is 18.1. The molecular formula is C21H23N9O3. The van der Waals surface area contributed by atoms with Crippen LogP contribution in [0, 0.1) is 0 Å². The van der Waals surface area contributed by atoms with Gasteiger partial charge in [0.2, 0.25) is 11.9 Å². The highest BCUT2D eigenvalue weighted by Crippen LogP contribution is 2.20. The van der Waals surface area contributed by atoms with Crippen molar-refractivity contribution < 1.29 is 14.3 Å². The highest BCUT2D eigenvalue weighted by molar-refractivity contribution is 5.78. The Kier molecular flexibility index (Phi) is 5.81. The largest absolute Gasteiger partial charge is 0.494 e. The number of nitrogens with zero attached hydrogens (tertiary/aromatic N) is 8. The highest BCUT2D eigenvalue weighted by atomic mass is 16.5. The van der Waals surface area contributed by atoms with E-state index in [0.29, 0.717) is 50.0 Å². The molecule has 12 nitrogen and oxygen atoms in total. The van der Waals surface area contributed by atoms with Crippen LogP contribution in [0.1, 0.15) is 6.92 Å². The number of hydrogen-bond donors (Lipinski definition) is 1. The van der Waals surface area contributed by atoms with Gasteiger partial charge in [0, 0.05) is 19.3 Å². The molecule has 170 valence electrons. The topological polar surface area (TPSA) is 125 Å². The summed E-state index contributed by atoms with van der Waals surface area (Å²) in [6, 6.07) is 7.56. The Bertz CT molecular complexity index is 1250. The minimum Gasteiger partial charge on any atom is -0.494 e. The van der Waals surface area contributed by atoms with Gasteiger partial charge in [-0.25, -0.2) is 4.98 Å². The summed E-state index contributed by atoms with van der Waals surface area (Å²) in [5.74, 6) is 1.20. The maximum Gasteiger partial charge on any atom is 0.248 e. The van der Waals surface area contributed by atoms with Crippen molar-refractivity contribution in [3.8, 4) is 11.4 Å². The second-order valence-corrected chi connectivity index (χ2v) is 7.38. The fourth-order valence-electron chi connectivity index (χ4n) is 3.50. The number of ether oxygens (including phenoxy) is 2. The Balaban J connectivity index is 1.29. The molecule has 0 bridgehead atoms. The van der Waals surface area contributed by atoms with Crippen LogP contribution >= 0.6 is 0 Å². The van der Waals surface area contributed by atoms with Crippen LogP contribution in [0.5, 0.6) is 5.75 Å². The van der Waals surface area contributed by atoms with Crippen molar-refractivity contribution >= 4 is 28.7 Å². The number of nitrogens with one attached hydrogen (secondary N) is 1. The number of aromatic nitrogens is 7. The van der Waals surface area contributed by atoms with Crippen LogP contribution < -0.4 is 10.1 Å². The van der Waals surface area contributed by atoms with Gasteiger partial charge in [-0.1, -0.05) is 5.21 Å². The molecule has 0 spiro atoms. The van der Waals surface area contributed by atoms with Gasteiger partial charge < -0.3 is 19.7 Å². The lowest BCUT2D eigenvalue weighted by Gasteiger charge is -2.26. The molecule has 4 aromatic rings. The van der Waals surface area contributed by atoms with E-state index >= 15 is 0 Å². The van der Waals surface area contributed by atoms with Gasteiger partial charge >= 0.3 is 0 Å². The van der Waals surface area contributed by atoms with Crippen LogP contribution in [-0.4, -0.2) is 78.5 Å². The predicted molar refractivity (Wildman–Crippen MR) is 119 cm³/mol. The normalized spacial score (nSPS) is 14.1. The molecule has 0 aliphatic carbocycles. The van der Waals surface area contributed by atoms with Gasteiger partial charge in [-0.15, -0.1) is 5.10 Å². The molecule has 12 heteroatoms. The number of morpholine rings is 1. The summed E-state index contributed by atoms with van der Waals surface area (Å²) in [7, 11) is 0. The number of carbonyl (C=O) groups is 1. The monoisotopic (exact) mass is 449 g/mol. The van der Waals surface area contributed by atoms with Crippen LogP contribution in [0.3, 0.4) is 0 Å². The molecule has 0 unspecified atom stereocenters. The van der Waals surface area contributed by atoms with Crippen molar-refractivity contribution in [1.82, 2.24) is 39.6 Å². The number of benzene rings is 1. The molecule has 4 heterocycles. The summed E-state index contributed by atoms with van der Waals surface area (Å²) in [4.78, 5) is 22.5. The van der Waals surface area contributed by atoms with E-state index in [1.807, 2.05) is 37.4 Å². The molecule has 1 aromatic carbocycles. The molecule has 0 radical (unpaired) electrons. The van der Waals surface area contributed by atoms with E-state index in [1.54, 1.807) is 26.7 Å². The van der Waals surface area contributed by atoms with E-state index in [-0.39, 0.29) is 12.5 Å². The molecule has 0 saturated carbocycles. The summed E-state index contributed by atoms with van der Waals surface area (Å²) < 4.78 is 14.1. The summed E-state index contributed by atoms with van der Waals surface area (Å²) in [6.45, 7) is 5.04. The van der Waals surface area contributed by atoms with Crippen LogP contribution in [-0.2, 0) is 16.1 Å². The smallest absolute Gasteiger partial charge is 0.248 e. The van der Waals surface area contributed by atoms with Crippen LogP contribution in [0.25, 0.3) is 16.9 Å². The van der Waals surface area contributed by atoms with E-state index in [1.165, 1.54) is 0 Å². The lowest BCUT2D eigenvalue weighted by Crippen LogP contribution is -2.43. The highest BCUT2D eigenvalue weighted by Gasteiger charge is 2.18. The second-order valence-electron chi connectivity index (χ2n) is 7.38. The fourth-order valence-corrected chi connectivity index (χ4v) is 3.50. The summed E-state index contributed by atoms with van der Waals surface area (Å²) in [5.41, 5.74) is 2.72. The molecule has 1 N–H and O–H groups in total. The molecule has 5 rings (SSSR count). The van der Waals surface area contributed by atoms with Gasteiger partial charge in [0.15, 0.2) is 11.2 Å². The van der Waals surface area contributed by atoms with Gasteiger partial charge in [-0.3, -0.25) is 9.48 Å². The number of anilines is 2. The number of fused-ring (bicyclic) bond motifs is 1. The van der Waals surface area contributed by atoms with Crippen molar-refractivity contribution in [3.05, 3.63) is 42.9 Å². The summed E-state index contributed by atoms with van der Waals surface area (Å²) >= 11 is 0. The zero-order valence-corrected chi connectivity index (χ0v) is 18.1. The molecule has 33 heavy (non-hydrogen) atoms. The number of carbonyl (C=O) groups excluding carboxylic acids is 1. The third-order valence-electron chi connectivity index (χ3n) is 5.16. The zero-order chi connectivity index (χ0) is 22.6. The van der Waals surface area contributed by atoms with Crippen LogP contribution in [0.15, 0.2) is 42.9 Å². The Morgan fingerprint density at radius 3 is 2.88 bits per heavy atom. The molecule has 1 fully saturated rings. The number of rotatable bonds is 8. The van der Waals surface area contributed by atoms with Crippen LogP contribution in [0.4, 0.5) is 11.6 Å². The maximum atomic E-state index is 11.8. The first-order valence-corrected chi connectivity index (χ1v) is 10.7. The first-order valence-electron chi connectivity index (χ1n) is 10.7. The van der Waals surface area contributed by atoms with Gasteiger partial charge in [-0.05, 0) is 31.2 Å². The van der Waals surface area contributed by atoms with Gasteiger partial charge in [-0.2, -0.15) is 14.8 Å². The van der Waals surface area contributed by atoms with Gasteiger partial charge in [0.05, 0.1) is 43.5 Å². The van der Waals surface area contributed by atoms with Gasteiger partial charge in [0.1, 0.15) is 12.4 Å². The van der Waals surface area contributed by atoms with Gasteiger partial charge in [0.25, 0.3) is 0 Å². The Morgan fingerprint density at radius 2 is 2.06 bits per heavy atom. The van der Waals surface area contributed by atoms with E-state index in [0.717, 1.165) is 17.1 Å². The van der Waals surface area contributed by atoms with Crippen molar-refractivity contribution in [2.45, 2.75) is 13.5 Å². The van der Waals surface area contributed by atoms with Crippen molar-refractivity contribution in [2.75, 3.05) is 38.2 Å². The summed E-state index contributed by atoms with van der Waals surface area (Å²) in [6.07, 6.45) is 5.16. The maximum absolute atomic E-state index is 11.8. The van der Waals surface area contributed by atoms with Crippen molar-refractivity contribution in [2.24, 2.45) is 0 Å². The third kappa shape index (κ3) is 4.60. The average molecular weight is 449 g/mol. The molecule has 1 amide bonds. The molecule has 1 saturated heterocycles. The minimum atomic E-state index is 0.00575. The second kappa shape index (κ2) is 9.20. The SMILES string of the molecule is CCOc1ccc(-n2nnc3cnc(Nc4cnn(CCN5CCOCC5=O)c4)nc32)cc1. The Morgan fingerprint density at radius 1 is 1.18 bits per heavy atom. The number of hydrogen-bond acceptors (Lipinski definition) is 9. The summed E-state index contributed by atoms with van der Waals surface area (Å²) in [5, 5.41) is 15.9. The van der Waals surface area contributed by atoms with E-state index < -0.39 is 0 Å². The Hall–Kier alpha value is -4.06. The standard InChI is InChI=1S/C21H23N9O3/c1-2-33-17-5-3-16(4-6-17)30-20-18(26-27-30)12-22-21(25-20)24-15-11-23-29(13-15)8-7-28-9-10-32-14-19(28)31/h3-6,11-13H,2,7-10,14H2,1H3,(H,22,24,25). The lowest BCUT2D eigenvalue weighted by atomic mass is 10.3. The minimum absolute atomic E-state index is 0.00575. The molecule has 3 aromatic heterocycles. The van der Waals surface area contributed by atoms with Crippen molar-refractivity contribution in [1.29, 1.82) is 0 Å². The Labute approximate surface area is 189 Å². The first-order chi connectivity index (χ1) is 16.2.